The molecule has 0 spiro atoms. The molecule has 0 unspecified atom stereocenters. The van der Waals surface area contributed by atoms with E-state index in [0.29, 0.717) is 11.6 Å². The van der Waals surface area contributed by atoms with Crippen molar-refractivity contribution in [3.63, 3.8) is 0 Å². The molecule has 0 radical (unpaired) electrons. The van der Waals surface area contributed by atoms with Gasteiger partial charge in [-0.05, 0) is 13.3 Å². The number of aryl methyl sites for hydroxylation is 1. The molecule has 0 N–H and O–H groups in total. The highest BCUT2D eigenvalue weighted by Crippen LogP contribution is 2.17. The van der Waals surface area contributed by atoms with Crippen LogP contribution in [0, 0.1) is 18.3 Å². The maximum absolute atomic E-state index is 8.27. The van der Waals surface area contributed by atoms with Crippen molar-refractivity contribution in [3.05, 3.63) is 12.0 Å². The van der Waals surface area contributed by atoms with Crippen molar-refractivity contribution in [3.8, 4) is 6.07 Å². The van der Waals surface area contributed by atoms with E-state index in [4.69, 9.17) is 9.68 Å². The van der Waals surface area contributed by atoms with Crippen LogP contribution >= 0.6 is 11.8 Å². The fourth-order valence-corrected chi connectivity index (χ4v) is 1.50. The molecule has 1 aromatic heterocycles. The smallest absolute Gasteiger partial charge is 0.255 e. The molecule has 4 heteroatoms. The summed E-state index contributed by atoms with van der Waals surface area (Å²) in [5, 5.41) is 8.97. The summed E-state index contributed by atoms with van der Waals surface area (Å²) in [6, 6.07) is 2.09. The van der Waals surface area contributed by atoms with Gasteiger partial charge in [-0.1, -0.05) is 11.8 Å². The summed E-state index contributed by atoms with van der Waals surface area (Å²) in [6.45, 7) is 1.89. The van der Waals surface area contributed by atoms with E-state index in [0.717, 1.165) is 17.9 Å². The second-order valence-corrected chi connectivity index (χ2v) is 3.41. The molecule has 0 bridgehead atoms. The van der Waals surface area contributed by atoms with Crippen molar-refractivity contribution in [1.29, 1.82) is 5.26 Å². The summed E-state index contributed by atoms with van der Waals surface area (Å²) >= 11 is 1.55. The second kappa shape index (κ2) is 4.83. The first-order valence-corrected chi connectivity index (χ1v) is 4.73. The molecule has 0 aliphatic heterocycles. The molecule has 0 atom stereocenters. The highest BCUT2D eigenvalue weighted by atomic mass is 32.2. The van der Waals surface area contributed by atoms with Gasteiger partial charge in [0.05, 0.1) is 11.8 Å². The second-order valence-electron chi connectivity index (χ2n) is 2.36. The first-order chi connectivity index (χ1) is 5.83. The zero-order valence-electron chi connectivity index (χ0n) is 6.91. The zero-order valence-corrected chi connectivity index (χ0v) is 7.73. The van der Waals surface area contributed by atoms with E-state index in [-0.39, 0.29) is 0 Å². The topological polar surface area (TPSA) is 49.8 Å². The Morgan fingerprint density at radius 2 is 2.58 bits per heavy atom. The third-order valence-electron chi connectivity index (χ3n) is 1.26. The maximum atomic E-state index is 8.27. The van der Waals surface area contributed by atoms with E-state index in [2.05, 4.69) is 11.1 Å². The van der Waals surface area contributed by atoms with Crippen molar-refractivity contribution in [2.45, 2.75) is 25.0 Å². The molecule has 1 aromatic rings. The number of rotatable bonds is 4. The van der Waals surface area contributed by atoms with Gasteiger partial charge in [-0.15, -0.1) is 0 Å². The van der Waals surface area contributed by atoms with Crippen molar-refractivity contribution in [2.24, 2.45) is 0 Å². The Bertz CT molecular complexity index is 277. The normalized spacial score (nSPS) is 9.67. The monoisotopic (exact) mass is 182 g/mol. The van der Waals surface area contributed by atoms with E-state index in [1.807, 2.05) is 6.92 Å². The fourth-order valence-electron chi connectivity index (χ4n) is 0.709. The highest BCUT2D eigenvalue weighted by molar-refractivity contribution is 7.99. The van der Waals surface area contributed by atoms with Gasteiger partial charge in [-0.3, -0.25) is 0 Å². The average Bonchev–Trinajstić information content (AvgIpc) is 2.45. The average molecular weight is 182 g/mol. The minimum Gasteiger partial charge on any atom is -0.440 e. The van der Waals surface area contributed by atoms with Gasteiger partial charge in [-0.25, -0.2) is 4.98 Å². The van der Waals surface area contributed by atoms with E-state index < -0.39 is 0 Å². The number of hydrogen-bond acceptors (Lipinski definition) is 4. The van der Waals surface area contributed by atoms with Gasteiger partial charge in [0.1, 0.15) is 6.26 Å². The molecule has 0 aliphatic carbocycles. The van der Waals surface area contributed by atoms with Crippen LogP contribution in [-0.2, 0) is 0 Å². The Balaban J connectivity index is 2.21. The summed E-state index contributed by atoms with van der Waals surface area (Å²) in [4.78, 5) is 4.12. The molecular formula is C8H10N2OS. The Morgan fingerprint density at radius 3 is 3.17 bits per heavy atom. The fraction of sp³-hybridized carbons (Fsp3) is 0.500. The predicted molar refractivity (Wildman–Crippen MR) is 46.8 cm³/mol. The number of aromatic nitrogens is 1. The van der Waals surface area contributed by atoms with E-state index >= 15 is 0 Å². The molecule has 0 aliphatic rings. The first kappa shape index (κ1) is 9.14. The lowest BCUT2D eigenvalue weighted by Crippen LogP contribution is -1.79. The number of nitriles is 1. The van der Waals surface area contributed by atoms with Crippen molar-refractivity contribution in [1.82, 2.24) is 4.98 Å². The lowest BCUT2D eigenvalue weighted by Gasteiger charge is -1.90. The quantitative estimate of drug-likeness (QED) is 0.530. The lowest BCUT2D eigenvalue weighted by molar-refractivity contribution is 0.454. The molecule has 0 aromatic carbocycles. The van der Waals surface area contributed by atoms with Crippen LogP contribution in [0.15, 0.2) is 15.9 Å². The summed E-state index contributed by atoms with van der Waals surface area (Å²) in [7, 11) is 0. The lowest BCUT2D eigenvalue weighted by atomic mass is 10.4. The van der Waals surface area contributed by atoms with Gasteiger partial charge in [-0.2, -0.15) is 5.26 Å². The van der Waals surface area contributed by atoms with E-state index in [1.165, 1.54) is 0 Å². The van der Waals surface area contributed by atoms with Crippen LogP contribution in [0.1, 0.15) is 18.5 Å². The van der Waals surface area contributed by atoms with Crippen LogP contribution in [0.3, 0.4) is 0 Å². The van der Waals surface area contributed by atoms with Gasteiger partial charge >= 0.3 is 0 Å². The maximum Gasteiger partial charge on any atom is 0.255 e. The van der Waals surface area contributed by atoms with Crippen molar-refractivity contribution >= 4 is 11.8 Å². The summed E-state index contributed by atoms with van der Waals surface area (Å²) in [5.41, 5.74) is 0.901. The van der Waals surface area contributed by atoms with Crippen LogP contribution in [0.2, 0.25) is 0 Å². The van der Waals surface area contributed by atoms with Crippen molar-refractivity contribution in [2.75, 3.05) is 5.75 Å². The van der Waals surface area contributed by atoms with Gasteiger partial charge in [0, 0.05) is 12.2 Å². The molecule has 0 saturated heterocycles. The Hall–Kier alpha value is -0.950. The molecule has 1 rings (SSSR count). The third-order valence-corrected chi connectivity index (χ3v) is 2.18. The first-order valence-electron chi connectivity index (χ1n) is 3.75. The predicted octanol–water partition coefficient (Wildman–Crippen LogP) is 2.38. The molecule has 0 saturated carbocycles. The molecule has 0 amide bonds. The molecular weight excluding hydrogens is 172 g/mol. The molecule has 0 fully saturated rings. The summed E-state index contributed by atoms with van der Waals surface area (Å²) < 4.78 is 5.11. The van der Waals surface area contributed by atoms with Crippen LogP contribution in [0.5, 0.6) is 0 Å². The standard InChI is InChI=1S/C8H10N2OS/c1-7-6-11-8(10-7)12-5-3-2-4-9/h6H,2-3,5H2,1H3. The number of oxazole rings is 1. The van der Waals surface area contributed by atoms with E-state index in [9.17, 15) is 0 Å². The van der Waals surface area contributed by atoms with Gasteiger partial charge < -0.3 is 4.42 Å². The Kier molecular flexibility index (Phi) is 3.68. The van der Waals surface area contributed by atoms with Crippen LogP contribution < -0.4 is 0 Å². The molecule has 64 valence electrons. The van der Waals surface area contributed by atoms with Gasteiger partial charge in [0.15, 0.2) is 0 Å². The Labute approximate surface area is 75.8 Å². The molecule has 1 heterocycles. The van der Waals surface area contributed by atoms with Gasteiger partial charge in [0.2, 0.25) is 0 Å². The Morgan fingerprint density at radius 1 is 1.75 bits per heavy atom. The number of hydrogen-bond donors (Lipinski definition) is 0. The minimum absolute atomic E-state index is 0.604. The number of unbranched alkanes of at least 4 members (excludes halogenated alkanes) is 1. The largest absolute Gasteiger partial charge is 0.440 e. The minimum atomic E-state index is 0.604. The van der Waals surface area contributed by atoms with Crippen LogP contribution in [-0.4, -0.2) is 10.7 Å². The van der Waals surface area contributed by atoms with Crippen LogP contribution in [0.4, 0.5) is 0 Å². The van der Waals surface area contributed by atoms with Gasteiger partial charge in [0.25, 0.3) is 5.22 Å². The van der Waals surface area contributed by atoms with E-state index in [1.54, 1.807) is 18.0 Å². The SMILES string of the molecule is Cc1coc(SCCCC#N)n1. The molecule has 12 heavy (non-hydrogen) atoms. The number of nitrogens with zero attached hydrogens (tertiary/aromatic N) is 2. The highest BCUT2D eigenvalue weighted by Gasteiger charge is 1.99. The van der Waals surface area contributed by atoms with Crippen LogP contribution in [0.25, 0.3) is 0 Å². The zero-order chi connectivity index (χ0) is 8.81. The summed E-state index contributed by atoms with van der Waals surface area (Å²) in [5.74, 6) is 0.896. The number of thioether (sulfide) groups is 1. The third kappa shape index (κ3) is 2.97. The van der Waals surface area contributed by atoms with Crippen molar-refractivity contribution < 1.29 is 4.42 Å². The molecule has 3 nitrogen and oxygen atoms in total. The summed E-state index contributed by atoms with van der Waals surface area (Å²) in [6.07, 6.45) is 3.13.